The molecule has 1 fully saturated rings. The highest BCUT2D eigenvalue weighted by atomic mass is 35.5. The van der Waals surface area contributed by atoms with Gasteiger partial charge >= 0.3 is 0 Å². The first-order valence-electron chi connectivity index (χ1n) is 5.44. The summed E-state index contributed by atoms with van der Waals surface area (Å²) in [6.45, 7) is 1.73. The molecule has 1 heterocycles. The molecule has 1 N–H and O–H groups in total. The number of ether oxygens (including phenoxy) is 1. The van der Waals surface area contributed by atoms with Crippen molar-refractivity contribution in [2.24, 2.45) is 5.41 Å². The molecule has 1 aromatic heterocycles. The molecule has 0 bridgehead atoms. The summed E-state index contributed by atoms with van der Waals surface area (Å²) < 4.78 is 5.11. The number of hydrogen-bond acceptors (Lipinski definition) is 4. The number of halogens is 1. The van der Waals surface area contributed by atoms with Crippen LogP contribution in [0, 0.1) is 5.41 Å². The number of aromatic nitrogens is 2. The number of anilines is 1. The van der Waals surface area contributed by atoms with Gasteiger partial charge in [0.1, 0.15) is 17.2 Å². The highest BCUT2D eigenvalue weighted by Gasteiger charge is 2.41. The van der Waals surface area contributed by atoms with Crippen molar-refractivity contribution in [1.82, 2.24) is 9.97 Å². The van der Waals surface area contributed by atoms with E-state index in [0.717, 1.165) is 25.4 Å². The van der Waals surface area contributed by atoms with Crippen LogP contribution in [-0.2, 0) is 4.74 Å². The van der Waals surface area contributed by atoms with Crippen molar-refractivity contribution in [3.8, 4) is 0 Å². The Morgan fingerprint density at radius 2 is 2.38 bits per heavy atom. The van der Waals surface area contributed by atoms with Crippen molar-refractivity contribution in [3.05, 3.63) is 17.5 Å². The van der Waals surface area contributed by atoms with Gasteiger partial charge in [-0.25, -0.2) is 9.97 Å². The molecule has 1 saturated carbocycles. The Balaban J connectivity index is 1.85. The minimum absolute atomic E-state index is 0.393. The van der Waals surface area contributed by atoms with Crippen molar-refractivity contribution < 1.29 is 4.74 Å². The zero-order valence-electron chi connectivity index (χ0n) is 9.37. The van der Waals surface area contributed by atoms with Crippen LogP contribution in [0.25, 0.3) is 0 Å². The molecule has 1 aromatic rings. The summed E-state index contributed by atoms with van der Waals surface area (Å²) in [5, 5.41) is 3.86. The monoisotopic (exact) mass is 241 g/mol. The highest BCUT2D eigenvalue weighted by molar-refractivity contribution is 6.32. The van der Waals surface area contributed by atoms with Crippen LogP contribution in [0.2, 0.25) is 5.02 Å². The quantitative estimate of drug-likeness (QED) is 0.831. The lowest BCUT2D eigenvalue weighted by Crippen LogP contribution is -2.18. The lowest BCUT2D eigenvalue weighted by atomic mass is 10.0. The average Bonchev–Trinajstić information content (AvgIpc) is 3.06. The van der Waals surface area contributed by atoms with Crippen LogP contribution in [-0.4, -0.2) is 30.2 Å². The van der Waals surface area contributed by atoms with Gasteiger partial charge in [0.2, 0.25) is 0 Å². The fraction of sp³-hybridized carbons (Fsp3) is 0.636. The summed E-state index contributed by atoms with van der Waals surface area (Å²) in [5.74, 6) is 0.723. The molecule has 0 unspecified atom stereocenters. The molecule has 5 heteroatoms. The summed E-state index contributed by atoms with van der Waals surface area (Å²) in [5.41, 5.74) is 0.393. The van der Waals surface area contributed by atoms with Crippen LogP contribution in [0.1, 0.15) is 19.3 Å². The van der Waals surface area contributed by atoms with Gasteiger partial charge in [-0.1, -0.05) is 11.6 Å². The molecule has 0 saturated heterocycles. The second-order valence-electron chi connectivity index (χ2n) is 4.32. The van der Waals surface area contributed by atoms with Crippen LogP contribution in [0.4, 0.5) is 5.82 Å². The maximum absolute atomic E-state index is 5.97. The number of nitrogens with one attached hydrogen (secondary N) is 1. The van der Waals surface area contributed by atoms with Gasteiger partial charge in [0.15, 0.2) is 0 Å². The zero-order valence-corrected chi connectivity index (χ0v) is 10.1. The Kier molecular flexibility index (Phi) is 3.61. The molecule has 4 nitrogen and oxygen atoms in total. The van der Waals surface area contributed by atoms with Crippen LogP contribution >= 0.6 is 11.6 Å². The molecule has 0 aromatic carbocycles. The van der Waals surface area contributed by atoms with Gasteiger partial charge < -0.3 is 10.1 Å². The Bertz CT molecular complexity index is 355. The molecule has 2 rings (SSSR count). The summed E-state index contributed by atoms with van der Waals surface area (Å²) in [6, 6.07) is 0. The van der Waals surface area contributed by atoms with E-state index in [2.05, 4.69) is 15.3 Å². The Labute approximate surface area is 100 Å². The first-order valence-corrected chi connectivity index (χ1v) is 5.82. The maximum atomic E-state index is 5.97. The minimum Gasteiger partial charge on any atom is -0.385 e. The second-order valence-corrected chi connectivity index (χ2v) is 4.72. The van der Waals surface area contributed by atoms with Gasteiger partial charge in [-0.05, 0) is 24.7 Å². The molecule has 0 radical (unpaired) electrons. The predicted octanol–water partition coefficient (Wildman–Crippen LogP) is 2.36. The first kappa shape index (κ1) is 11.6. The molecule has 0 amide bonds. The van der Waals surface area contributed by atoms with Gasteiger partial charge in [0.05, 0.1) is 6.20 Å². The number of methoxy groups -OCH3 is 1. The lowest BCUT2D eigenvalue weighted by molar-refractivity contribution is 0.175. The minimum atomic E-state index is 0.393. The van der Waals surface area contributed by atoms with E-state index < -0.39 is 0 Å². The van der Waals surface area contributed by atoms with Gasteiger partial charge in [-0.3, -0.25) is 0 Å². The molecule has 1 aliphatic carbocycles. The van der Waals surface area contributed by atoms with E-state index in [1.165, 1.54) is 19.2 Å². The molecule has 1 aliphatic rings. The smallest absolute Gasteiger partial charge is 0.148 e. The summed E-state index contributed by atoms with van der Waals surface area (Å²) in [6.07, 6.45) is 6.71. The molecule has 0 atom stereocenters. The number of rotatable bonds is 6. The molecule has 0 spiro atoms. The number of nitrogens with zero attached hydrogens (tertiary/aromatic N) is 2. The van der Waals surface area contributed by atoms with Crippen molar-refractivity contribution in [2.45, 2.75) is 19.3 Å². The van der Waals surface area contributed by atoms with E-state index in [1.807, 2.05) is 0 Å². The third kappa shape index (κ3) is 2.83. The Morgan fingerprint density at radius 3 is 3.00 bits per heavy atom. The van der Waals surface area contributed by atoms with E-state index in [0.29, 0.717) is 10.4 Å². The third-order valence-electron chi connectivity index (χ3n) is 3.09. The van der Waals surface area contributed by atoms with Gasteiger partial charge in [-0.2, -0.15) is 0 Å². The first-order chi connectivity index (χ1) is 7.76. The molecular formula is C11H16ClN3O. The Hall–Kier alpha value is -0.870. The molecular weight excluding hydrogens is 226 g/mol. The topological polar surface area (TPSA) is 47.0 Å². The standard InChI is InChI=1S/C11H16ClN3O/c1-16-5-4-11(2-3-11)7-14-10-9(12)6-13-8-15-10/h6,8H,2-5,7H2,1H3,(H,13,14,15). The van der Waals surface area contributed by atoms with Crippen LogP contribution in [0.5, 0.6) is 0 Å². The van der Waals surface area contributed by atoms with E-state index in [-0.39, 0.29) is 0 Å². The van der Waals surface area contributed by atoms with Gasteiger partial charge in [0.25, 0.3) is 0 Å². The molecule has 88 valence electrons. The highest BCUT2D eigenvalue weighted by Crippen LogP contribution is 2.48. The van der Waals surface area contributed by atoms with E-state index in [9.17, 15) is 0 Å². The lowest BCUT2D eigenvalue weighted by Gasteiger charge is -2.16. The van der Waals surface area contributed by atoms with E-state index in [4.69, 9.17) is 16.3 Å². The van der Waals surface area contributed by atoms with Crippen molar-refractivity contribution in [3.63, 3.8) is 0 Å². The summed E-state index contributed by atoms with van der Waals surface area (Å²) >= 11 is 5.97. The van der Waals surface area contributed by atoms with E-state index in [1.54, 1.807) is 13.3 Å². The Morgan fingerprint density at radius 1 is 1.56 bits per heavy atom. The van der Waals surface area contributed by atoms with Gasteiger partial charge in [0, 0.05) is 20.3 Å². The fourth-order valence-corrected chi connectivity index (χ4v) is 1.90. The largest absolute Gasteiger partial charge is 0.385 e. The van der Waals surface area contributed by atoms with E-state index >= 15 is 0 Å². The second kappa shape index (κ2) is 4.97. The number of hydrogen-bond donors (Lipinski definition) is 1. The SMILES string of the molecule is COCCC1(CNc2ncncc2Cl)CC1. The summed E-state index contributed by atoms with van der Waals surface area (Å²) in [4.78, 5) is 7.96. The normalized spacial score (nSPS) is 17.1. The fourth-order valence-electron chi connectivity index (χ4n) is 1.72. The van der Waals surface area contributed by atoms with Crippen molar-refractivity contribution >= 4 is 17.4 Å². The maximum Gasteiger partial charge on any atom is 0.148 e. The van der Waals surface area contributed by atoms with Crippen LogP contribution in [0.3, 0.4) is 0 Å². The van der Waals surface area contributed by atoms with Crippen LogP contribution in [0.15, 0.2) is 12.5 Å². The van der Waals surface area contributed by atoms with Crippen molar-refractivity contribution in [1.29, 1.82) is 0 Å². The third-order valence-corrected chi connectivity index (χ3v) is 3.37. The zero-order chi connectivity index (χ0) is 11.4. The van der Waals surface area contributed by atoms with Crippen LogP contribution < -0.4 is 5.32 Å². The molecule has 0 aliphatic heterocycles. The van der Waals surface area contributed by atoms with Crippen molar-refractivity contribution in [2.75, 3.05) is 25.6 Å². The van der Waals surface area contributed by atoms with Gasteiger partial charge in [-0.15, -0.1) is 0 Å². The summed E-state index contributed by atoms with van der Waals surface area (Å²) in [7, 11) is 1.74. The average molecular weight is 242 g/mol. The molecule has 16 heavy (non-hydrogen) atoms. The predicted molar refractivity (Wildman–Crippen MR) is 63.7 cm³/mol.